The van der Waals surface area contributed by atoms with Crippen molar-refractivity contribution in [3.63, 3.8) is 0 Å². The third-order valence-corrected chi connectivity index (χ3v) is 5.77. The zero-order valence-corrected chi connectivity index (χ0v) is 19.3. The van der Waals surface area contributed by atoms with Gasteiger partial charge in [0.05, 0.1) is 0 Å². The van der Waals surface area contributed by atoms with Gasteiger partial charge in [-0.3, -0.25) is 19.7 Å². The Morgan fingerprint density at radius 3 is 2.34 bits per heavy atom. The van der Waals surface area contributed by atoms with Crippen LogP contribution in [-0.2, 0) is 20.9 Å². The standard InChI is InChI=1S/C21H30N4O3.C2HF3O2/c22-12-5-3-1-2-4-6-13-23-17-9-7-8-15-16(17)14-25(21(15)28)18-10-11-19(26)24-20(18)27;3-2(4,5)1(6)7/h7-9,18,23H,1-6,10-14,22H2,(H,24,26,27);(H,6,7). The Morgan fingerprint density at radius 2 is 1.74 bits per heavy atom. The minimum absolute atomic E-state index is 0.131. The Bertz CT molecular complexity index is 923. The number of nitrogens with zero attached hydrogens (tertiary/aromatic N) is 1. The van der Waals surface area contributed by atoms with E-state index in [0.717, 1.165) is 37.2 Å². The normalized spacial score (nSPS) is 17.4. The molecule has 2 aliphatic rings. The number of anilines is 1. The molecular weight excluding hydrogens is 469 g/mol. The van der Waals surface area contributed by atoms with Crippen molar-refractivity contribution in [2.24, 2.45) is 5.73 Å². The van der Waals surface area contributed by atoms with E-state index in [1.165, 1.54) is 25.7 Å². The molecule has 3 rings (SSSR count). The monoisotopic (exact) mass is 500 g/mol. The molecule has 1 aromatic rings. The van der Waals surface area contributed by atoms with Crippen molar-refractivity contribution in [2.75, 3.05) is 18.4 Å². The van der Waals surface area contributed by atoms with E-state index in [9.17, 15) is 27.6 Å². The molecule has 0 saturated carbocycles. The van der Waals surface area contributed by atoms with Crippen molar-refractivity contribution in [1.29, 1.82) is 0 Å². The molecule has 2 heterocycles. The predicted molar refractivity (Wildman–Crippen MR) is 121 cm³/mol. The highest BCUT2D eigenvalue weighted by Crippen LogP contribution is 2.32. The molecule has 1 unspecified atom stereocenters. The molecule has 35 heavy (non-hydrogen) atoms. The second-order valence-electron chi connectivity index (χ2n) is 8.37. The zero-order valence-electron chi connectivity index (χ0n) is 19.3. The molecule has 0 spiro atoms. The van der Waals surface area contributed by atoms with Gasteiger partial charge in [0.15, 0.2) is 0 Å². The third kappa shape index (κ3) is 8.23. The Morgan fingerprint density at radius 1 is 1.11 bits per heavy atom. The fraction of sp³-hybridized carbons (Fsp3) is 0.565. The molecular formula is C23H31F3N4O5. The molecule has 0 bridgehead atoms. The van der Waals surface area contributed by atoms with E-state index in [4.69, 9.17) is 15.6 Å². The summed E-state index contributed by atoms with van der Waals surface area (Å²) in [6.07, 6.45) is 2.58. The van der Waals surface area contributed by atoms with Crippen molar-refractivity contribution < 1.29 is 37.5 Å². The number of benzene rings is 1. The summed E-state index contributed by atoms with van der Waals surface area (Å²) < 4.78 is 31.7. The first-order valence-electron chi connectivity index (χ1n) is 11.6. The number of nitrogens with one attached hydrogen (secondary N) is 2. The van der Waals surface area contributed by atoms with Gasteiger partial charge in [0.25, 0.3) is 5.91 Å². The minimum atomic E-state index is -5.08. The van der Waals surface area contributed by atoms with Crippen molar-refractivity contribution in [2.45, 2.75) is 70.1 Å². The van der Waals surface area contributed by atoms with Gasteiger partial charge in [-0.1, -0.05) is 31.7 Å². The van der Waals surface area contributed by atoms with E-state index in [2.05, 4.69) is 10.6 Å². The number of hydrogen-bond acceptors (Lipinski definition) is 6. The van der Waals surface area contributed by atoms with Crippen LogP contribution in [0, 0.1) is 0 Å². The van der Waals surface area contributed by atoms with Gasteiger partial charge < -0.3 is 21.1 Å². The molecule has 12 heteroatoms. The molecule has 3 amide bonds. The summed E-state index contributed by atoms with van der Waals surface area (Å²) in [5.74, 6) is -3.53. The number of piperidine rings is 1. The number of fused-ring (bicyclic) bond motifs is 1. The number of aliphatic carboxylic acids is 1. The van der Waals surface area contributed by atoms with Crippen LogP contribution in [0.25, 0.3) is 0 Å². The maximum absolute atomic E-state index is 12.8. The van der Waals surface area contributed by atoms with Crippen LogP contribution >= 0.6 is 0 Å². The maximum Gasteiger partial charge on any atom is 0.490 e. The van der Waals surface area contributed by atoms with E-state index in [1.54, 1.807) is 4.90 Å². The summed E-state index contributed by atoms with van der Waals surface area (Å²) in [6, 6.07) is 5.10. The summed E-state index contributed by atoms with van der Waals surface area (Å²) in [5.41, 5.74) is 8.06. The van der Waals surface area contributed by atoms with Gasteiger partial charge in [0, 0.05) is 36.3 Å². The van der Waals surface area contributed by atoms with Crippen LogP contribution in [0.2, 0.25) is 0 Å². The number of unbranched alkanes of at least 4 members (excludes halogenated alkanes) is 5. The number of amides is 3. The fourth-order valence-corrected chi connectivity index (χ4v) is 3.95. The van der Waals surface area contributed by atoms with E-state index >= 15 is 0 Å². The molecule has 2 aliphatic heterocycles. The van der Waals surface area contributed by atoms with E-state index in [1.807, 2.05) is 18.2 Å². The molecule has 0 aromatic heterocycles. The Labute approximate surface area is 201 Å². The second-order valence-corrected chi connectivity index (χ2v) is 8.37. The SMILES string of the molecule is NCCCCCCCCNc1cccc2c1CN(C1CCC(=O)NC1=O)C2=O.O=C(O)C(F)(F)F. The summed E-state index contributed by atoms with van der Waals surface area (Å²) >= 11 is 0. The van der Waals surface area contributed by atoms with Crippen LogP contribution in [0.4, 0.5) is 18.9 Å². The largest absolute Gasteiger partial charge is 0.490 e. The van der Waals surface area contributed by atoms with Crippen molar-refractivity contribution in [1.82, 2.24) is 10.2 Å². The topological polar surface area (TPSA) is 142 Å². The molecule has 9 nitrogen and oxygen atoms in total. The molecule has 0 aliphatic carbocycles. The molecule has 1 aromatic carbocycles. The van der Waals surface area contributed by atoms with Crippen molar-refractivity contribution >= 4 is 29.4 Å². The zero-order chi connectivity index (χ0) is 26.0. The van der Waals surface area contributed by atoms with Crippen molar-refractivity contribution in [3.8, 4) is 0 Å². The summed E-state index contributed by atoms with van der Waals surface area (Å²) in [6.45, 7) is 2.04. The van der Waals surface area contributed by atoms with Gasteiger partial charge in [0.1, 0.15) is 6.04 Å². The predicted octanol–water partition coefficient (Wildman–Crippen LogP) is 2.79. The quantitative estimate of drug-likeness (QED) is 0.286. The van der Waals surface area contributed by atoms with Gasteiger partial charge in [-0.2, -0.15) is 13.2 Å². The van der Waals surface area contributed by atoms with Crippen LogP contribution in [0.15, 0.2) is 18.2 Å². The summed E-state index contributed by atoms with van der Waals surface area (Å²) in [7, 11) is 0. The smallest absolute Gasteiger partial charge is 0.475 e. The highest BCUT2D eigenvalue weighted by Gasteiger charge is 2.40. The second kappa shape index (κ2) is 13.1. The lowest BCUT2D eigenvalue weighted by Gasteiger charge is -2.29. The number of hydrogen-bond donors (Lipinski definition) is 4. The number of carbonyl (C=O) groups excluding carboxylic acids is 3. The first kappa shape index (κ1) is 28.1. The Balaban J connectivity index is 0.000000540. The van der Waals surface area contributed by atoms with Gasteiger partial charge in [-0.25, -0.2) is 4.79 Å². The average molecular weight is 501 g/mol. The van der Waals surface area contributed by atoms with Crippen LogP contribution in [0.3, 0.4) is 0 Å². The van der Waals surface area contributed by atoms with Gasteiger partial charge in [-0.15, -0.1) is 0 Å². The highest BCUT2D eigenvalue weighted by atomic mass is 19.4. The number of nitrogens with two attached hydrogens (primary N) is 1. The third-order valence-electron chi connectivity index (χ3n) is 5.77. The summed E-state index contributed by atoms with van der Waals surface area (Å²) in [4.78, 5) is 46.8. The average Bonchev–Trinajstić information content (AvgIpc) is 3.12. The molecule has 1 saturated heterocycles. The first-order valence-corrected chi connectivity index (χ1v) is 11.6. The number of carboxylic acids is 1. The number of halogens is 3. The lowest BCUT2D eigenvalue weighted by atomic mass is 10.0. The fourth-order valence-electron chi connectivity index (χ4n) is 3.95. The highest BCUT2D eigenvalue weighted by molar-refractivity contribution is 6.06. The molecule has 1 fully saturated rings. The lowest BCUT2D eigenvalue weighted by molar-refractivity contribution is -0.192. The number of carboxylic acid groups (broad SMARTS) is 1. The Kier molecular flexibility index (Phi) is 10.5. The molecule has 0 radical (unpaired) electrons. The number of alkyl halides is 3. The minimum Gasteiger partial charge on any atom is -0.475 e. The van der Waals surface area contributed by atoms with Crippen LogP contribution in [-0.4, -0.2) is 59.0 Å². The van der Waals surface area contributed by atoms with Gasteiger partial charge in [-0.05, 0) is 37.9 Å². The number of imide groups is 1. The molecule has 194 valence electrons. The molecule has 5 N–H and O–H groups in total. The van der Waals surface area contributed by atoms with Crippen LogP contribution in [0.5, 0.6) is 0 Å². The van der Waals surface area contributed by atoms with Crippen LogP contribution in [0.1, 0.15) is 67.3 Å². The van der Waals surface area contributed by atoms with E-state index in [-0.39, 0.29) is 24.1 Å². The maximum atomic E-state index is 12.8. The number of carbonyl (C=O) groups is 4. The van der Waals surface area contributed by atoms with Gasteiger partial charge in [0.2, 0.25) is 11.8 Å². The molecule has 1 atom stereocenters. The van der Waals surface area contributed by atoms with E-state index in [0.29, 0.717) is 18.5 Å². The summed E-state index contributed by atoms with van der Waals surface area (Å²) in [5, 5.41) is 12.9. The lowest BCUT2D eigenvalue weighted by Crippen LogP contribution is -2.52. The van der Waals surface area contributed by atoms with Gasteiger partial charge >= 0.3 is 12.1 Å². The van der Waals surface area contributed by atoms with E-state index < -0.39 is 18.2 Å². The van der Waals surface area contributed by atoms with Crippen molar-refractivity contribution in [3.05, 3.63) is 29.3 Å². The Hall–Kier alpha value is -3.15. The number of rotatable bonds is 10. The first-order chi connectivity index (χ1) is 16.6. The van der Waals surface area contributed by atoms with Crippen LogP contribution < -0.4 is 16.4 Å².